The summed E-state index contributed by atoms with van der Waals surface area (Å²) in [7, 11) is -3.30. The highest BCUT2D eigenvalue weighted by Crippen LogP contribution is 2.13. The number of morpholine rings is 1. The molecule has 1 aliphatic rings. The molecule has 22 heavy (non-hydrogen) atoms. The van der Waals surface area contributed by atoms with Crippen LogP contribution in [0.5, 0.6) is 0 Å². The monoisotopic (exact) mass is 335 g/mol. The number of sulfonamides is 1. The van der Waals surface area contributed by atoms with Crippen molar-refractivity contribution in [2.75, 3.05) is 38.5 Å². The Morgan fingerprint density at radius 1 is 1.27 bits per heavy atom. The highest BCUT2D eigenvalue weighted by atomic mass is 32.2. The summed E-state index contributed by atoms with van der Waals surface area (Å²) < 4.78 is 31.2. The minimum absolute atomic E-state index is 0.00357. The molecule has 1 fully saturated rings. The molecule has 0 radical (unpaired) electrons. The lowest BCUT2D eigenvalue weighted by Gasteiger charge is -2.36. The van der Waals surface area contributed by atoms with Crippen LogP contribution < -0.4 is 5.32 Å². The predicted molar refractivity (Wildman–Crippen MR) is 86.3 cm³/mol. The Balaban J connectivity index is 2.46. The molecule has 130 valence electrons. The first kappa shape index (κ1) is 19.2. The van der Waals surface area contributed by atoms with Crippen LogP contribution in [0.2, 0.25) is 0 Å². The summed E-state index contributed by atoms with van der Waals surface area (Å²) >= 11 is 0. The molecule has 8 heteroatoms. The second-order valence-electron chi connectivity index (χ2n) is 5.51. The van der Waals surface area contributed by atoms with Crippen molar-refractivity contribution < 1.29 is 17.9 Å². The maximum atomic E-state index is 12.2. The lowest BCUT2D eigenvalue weighted by molar-refractivity contribution is -0.0645. The highest BCUT2D eigenvalue weighted by Gasteiger charge is 2.27. The van der Waals surface area contributed by atoms with Crippen LogP contribution in [0.25, 0.3) is 0 Å². The number of rotatable bonds is 7. The number of carbonyl (C=O) groups is 1. The number of hydrogen-bond donors (Lipinski definition) is 1. The van der Waals surface area contributed by atoms with Crippen LogP contribution in [0.15, 0.2) is 0 Å². The zero-order chi connectivity index (χ0) is 16.8. The zero-order valence-electron chi connectivity index (χ0n) is 14.0. The van der Waals surface area contributed by atoms with E-state index >= 15 is 0 Å². The topological polar surface area (TPSA) is 79.0 Å². The van der Waals surface area contributed by atoms with Crippen LogP contribution in [0.4, 0.5) is 4.79 Å². The molecule has 0 aromatic carbocycles. The van der Waals surface area contributed by atoms with Gasteiger partial charge >= 0.3 is 6.03 Å². The summed E-state index contributed by atoms with van der Waals surface area (Å²) in [5.74, 6) is -0.0719. The molecule has 1 N–H and O–H groups in total. The summed E-state index contributed by atoms with van der Waals surface area (Å²) in [4.78, 5) is 13.9. The van der Waals surface area contributed by atoms with Gasteiger partial charge in [0.25, 0.3) is 0 Å². The van der Waals surface area contributed by atoms with E-state index < -0.39 is 10.0 Å². The third-order valence-electron chi connectivity index (χ3n) is 3.80. The Labute approximate surface area is 134 Å². The Bertz CT molecular complexity index is 451. The maximum Gasteiger partial charge on any atom is 0.317 e. The zero-order valence-corrected chi connectivity index (χ0v) is 14.9. The van der Waals surface area contributed by atoms with E-state index in [1.54, 1.807) is 18.7 Å². The molecule has 0 saturated carbocycles. The van der Waals surface area contributed by atoms with Crippen LogP contribution in [-0.4, -0.2) is 74.3 Å². The number of urea groups is 1. The van der Waals surface area contributed by atoms with E-state index in [4.69, 9.17) is 4.74 Å². The average molecular weight is 335 g/mol. The second-order valence-corrected chi connectivity index (χ2v) is 7.60. The van der Waals surface area contributed by atoms with E-state index in [1.165, 1.54) is 4.31 Å². The Hall–Kier alpha value is -0.860. The van der Waals surface area contributed by atoms with Crippen LogP contribution in [0.1, 0.15) is 34.1 Å². The largest absolute Gasteiger partial charge is 0.372 e. The quantitative estimate of drug-likeness (QED) is 0.749. The van der Waals surface area contributed by atoms with Gasteiger partial charge in [-0.25, -0.2) is 17.5 Å². The molecule has 2 amide bonds. The molecule has 0 bridgehead atoms. The van der Waals surface area contributed by atoms with E-state index in [2.05, 4.69) is 5.32 Å². The predicted octanol–water partition coefficient (Wildman–Crippen LogP) is 0.867. The third-order valence-corrected chi connectivity index (χ3v) is 5.83. The Kier molecular flexibility index (Phi) is 7.58. The first-order valence-electron chi connectivity index (χ1n) is 8.00. The molecule has 7 nitrogen and oxygen atoms in total. The molecule has 0 aromatic rings. The van der Waals surface area contributed by atoms with Crippen molar-refractivity contribution in [1.82, 2.24) is 14.5 Å². The van der Waals surface area contributed by atoms with Crippen molar-refractivity contribution in [2.24, 2.45) is 0 Å². The molecule has 0 aliphatic carbocycles. The van der Waals surface area contributed by atoms with Gasteiger partial charge in [-0.2, -0.15) is 0 Å². The fourth-order valence-corrected chi connectivity index (χ4v) is 3.99. The minimum atomic E-state index is -3.30. The van der Waals surface area contributed by atoms with E-state index in [0.717, 1.165) is 6.42 Å². The minimum Gasteiger partial charge on any atom is -0.372 e. The van der Waals surface area contributed by atoms with Crippen LogP contribution >= 0.6 is 0 Å². The molecule has 2 atom stereocenters. The molecule has 1 rings (SSSR count). The summed E-state index contributed by atoms with van der Waals surface area (Å²) in [6.07, 6.45) is 0.905. The summed E-state index contributed by atoms with van der Waals surface area (Å²) in [5.41, 5.74) is 0. The van der Waals surface area contributed by atoms with Gasteiger partial charge in [0.05, 0.1) is 18.0 Å². The molecule has 1 heterocycles. The standard InChI is InChI=1S/C14H29N3O4S/c1-5-13-11-16(10-12(4)21-13)14(18)15-8-9-22(19,20)17(6-2)7-3/h12-13H,5-11H2,1-4H3,(H,15,18)/t12-,13-/m1/s1. The van der Waals surface area contributed by atoms with Crippen LogP contribution in [0.3, 0.4) is 0 Å². The fourth-order valence-electron chi connectivity index (χ4n) is 2.58. The van der Waals surface area contributed by atoms with Gasteiger partial charge in [-0.3, -0.25) is 0 Å². The van der Waals surface area contributed by atoms with Crippen molar-refractivity contribution in [3.05, 3.63) is 0 Å². The van der Waals surface area contributed by atoms with Crippen molar-refractivity contribution >= 4 is 16.1 Å². The normalized spacial score (nSPS) is 22.9. The SMILES string of the molecule is CC[C@@H]1CN(C(=O)NCCS(=O)(=O)N(CC)CC)C[C@@H](C)O1. The molecule has 0 unspecified atom stereocenters. The average Bonchev–Trinajstić information content (AvgIpc) is 2.47. The molecule has 0 aromatic heterocycles. The van der Waals surface area contributed by atoms with Gasteiger partial charge < -0.3 is 15.0 Å². The van der Waals surface area contributed by atoms with E-state index in [9.17, 15) is 13.2 Å². The van der Waals surface area contributed by atoms with Crippen molar-refractivity contribution in [2.45, 2.75) is 46.3 Å². The summed E-state index contributed by atoms with van der Waals surface area (Å²) in [6, 6.07) is -0.219. The number of nitrogens with zero attached hydrogens (tertiary/aromatic N) is 2. The van der Waals surface area contributed by atoms with Crippen molar-refractivity contribution in [3.8, 4) is 0 Å². The smallest absolute Gasteiger partial charge is 0.317 e. The highest BCUT2D eigenvalue weighted by molar-refractivity contribution is 7.89. The van der Waals surface area contributed by atoms with Crippen LogP contribution in [0, 0.1) is 0 Å². The Morgan fingerprint density at radius 2 is 1.91 bits per heavy atom. The molecular weight excluding hydrogens is 306 g/mol. The first-order valence-corrected chi connectivity index (χ1v) is 9.60. The van der Waals surface area contributed by atoms with Crippen molar-refractivity contribution in [3.63, 3.8) is 0 Å². The lowest BCUT2D eigenvalue weighted by Crippen LogP contribution is -2.53. The second kappa shape index (κ2) is 8.69. The maximum absolute atomic E-state index is 12.2. The van der Waals surface area contributed by atoms with E-state index in [0.29, 0.717) is 26.2 Å². The number of amides is 2. The van der Waals surface area contributed by atoms with Gasteiger partial charge in [0.1, 0.15) is 0 Å². The molecule has 1 saturated heterocycles. The number of hydrogen-bond acceptors (Lipinski definition) is 4. The summed E-state index contributed by atoms with van der Waals surface area (Å²) in [6.45, 7) is 9.68. The number of nitrogens with one attached hydrogen (secondary N) is 1. The summed E-state index contributed by atoms with van der Waals surface area (Å²) in [5, 5.41) is 2.70. The van der Waals surface area contributed by atoms with Gasteiger partial charge in [-0.1, -0.05) is 20.8 Å². The molecule has 1 aliphatic heterocycles. The van der Waals surface area contributed by atoms with Gasteiger partial charge in [-0.15, -0.1) is 0 Å². The van der Waals surface area contributed by atoms with Gasteiger partial charge in [0.2, 0.25) is 10.0 Å². The Morgan fingerprint density at radius 3 is 2.45 bits per heavy atom. The van der Waals surface area contributed by atoms with Crippen molar-refractivity contribution in [1.29, 1.82) is 0 Å². The number of ether oxygens (including phenoxy) is 1. The van der Waals surface area contributed by atoms with E-state index in [1.807, 2.05) is 13.8 Å². The van der Waals surface area contributed by atoms with E-state index in [-0.39, 0.29) is 30.5 Å². The first-order chi connectivity index (χ1) is 10.3. The van der Waals surface area contributed by atoms with Crippen LogP contribution in [-0.2, 0) is 14.8 Å². The van der Waals surface area contributed by atoms with Gasteiger partial charge in [0.15, 0.2) is 0 Å². The third kappa shape index (κ3) is 5.40. The lowest BCUT2D eigenvalue weighted by atomic mass is 10.2. The number of carbonyl (C=O) groups excluding carboxylic acids is 1. The van der Waals surface area contributed by atoms with Gasteiger partial charge in [0, 0.05) is 32.7 Å². The van der Waals surface area contributed by atoms with Gasteiger partial charge in [-0.05, 0) is 13.3 Å². The molecule has 0 spiro atoms. The fraction of sp³-hybridized carbons (Fsp3) is 0.929. The molecular formula is C14H29N3O4S.